The van der Waals surface area contributed by atoms with Gasteiger partial charge in [0.05, 0.1) is 12.0 Å². The molecule has 1 fully saturated rings. The number of nitrogens with zero attached hydrogens (tertiary/aromatic N) is 1. The highest BCUT2D eigenvalue weighted by Gasteiger charge is 2.29. The molecule has 2 heterocycles. The smallest absolute Gasteiger partial charge is 0.263 e. The van der Waals surface area contributed by atoms with Gasteiger partial charge in [0.2, 0.25) is 5.91 Å². The second kappa shape index (κ2) is 8.35. The molecule has 6 heteroatoms. The summed E-state index contributed by atoms with van der Waals surface area (Å²) in [6.45, 7) is 2.21. The number of benzene rings is 1. The van der Waals surface area contributed by atoms with Crippen LogP contribution in [0.3, 0.4) is 0 Å². The van der Waals surface area contributed by atoms with Crippen LogP contribution >= 0.6 is 11.3 Å². The highest BCUT2D eigenvalue weighted by Crippen LogP contribution is 2.33. The molecule has 2 amide bonds. The van der Waals surface area contributed by atoms with Crippen molar-refractivity contribution < 1.29 is 14.3 Å². The number of nitrogens with one attached hydrogen (secondary N) is 1. The minimum absolute atomic E-state index is 0.0356. The number of thiophene rings is 1. The Balaban J connectivity index is 1.38. The number of hydrogen-bond donors (Lipinski definition) is 1. The van der Waals surface area contributed by atoms with Crippen molar-refractivity contribution in [3.05, 3.63) is 51.2 Å². The Kier molecular flexibility index (Phi) is 5.67. The molecule has 1 aromatic heterocycles. The molecule has 1 aliphatic heterocycles. The van der Waals surface area contributed by atoms with Gasteiger partial charge in [-0.2, -0.15) is 0 Å². The highest BCUT2D eigenvalue weighted by molar-refractivity contribution is 7.14. The van der Waals surface area contributed by atoms with Crippen LogP contribution in [-0.2, 0) is 24.2 Å². The van der Waals surface area contributed by atoms with Gasteiger partial charge in [-0.1, -0.05) is 18.2 Å². The summed E-state index contributed by atoms with van der Waals surface area (Å²) in [4.78, 5) is 29.4. The minimum Gasteiger partial charge on any atom is -0.496 e. The number of rotatable bonds is 5. The number of aryl methyl sites for hydroxylation is 1. The van der Waals surface area contributed by atoms with Crippen LogP contribution in [0.5, 0.6) is 5.75 Å². The maximum atomic E-state index is 12.7. The summed E-state index contributed by atoms with van der Waals surface area (Å²) in [7, 11) is 1.64. The zero-order valence-electron chi connectivity index (χ0n) is 16.2. The normalized spacial score (nSPS) is 18.6. The van der Waals surface area contributed by atoms with E-state index in [2.05, 4.69) is 5.32 Å². The molecule has 0 saturated carbocycles. The van der Waals surface area contributed by atoms with E-state index in [1.807, 2.05) is 35.2 Å². The van der Waals surface area contributed by atoms with Crippen molar-refractivity contribution in [1.82, 2.24) is 10.2 Å². The lowest BCUT2D eigenvalue weighted by Crippen LogP contribution is -2.33. The van der Waals surface area contributed by atoms with Gasteiger partial charge >= 0.3 is 0 Å². The van der Waals surface area contributed by atoms with Gasteiger partial charge in [-0.05, 0) is 49.8 Å². The third-order valence-electron chi connectivity index (χ3n) is 5.70. The molecule has 0 bridgehead atoms. The van der Waals surface area contributed by atoms with Gasteiger partial charge in [0.15, 0.2) is 0 Å². The summed E-state index contributed by atoms with van der Waals surface area (Å²) >= 11 is 1.62. The monoisotopic (exact) mass is 398 g/mol. The average Bonchev–Trinajstić information content (AvgIpc) is 3.40. The van der Waals surface area contributed by atoms with Crippen molar-refractivity contribution in [2.75, 3.05) is 20.2 Å². The molecule has 2 aromatic rings. The Bertz CT molecular complexity index is 870. The highest BCUT2D eigenvalue weighted by atomic mass is 32.1. The van der Waals surface area contributed by atoms with E-state index in [-0.39, 0.29) is 17.7 Å². The number of carbonyl (C=O) groups excluding carboxylic acids is 2. The molecule has 28 heavy (non-hydrogen) atoms. The number of likely N-dealkylation sites (tertiary alicyclic amines) is 1. The summed E-state index contributed by atoms with van der Waals surface area (Å²) in [6, 6.07) is 9.76. The van der Waals surface area contributed by atoms with E-state index in [4.69, 9.17) is 4.74 Å². The average molecular weight is 399 g/mol. The van der Waals surface area contributed by atoms with E-state index in [1.54, 1.807) is 18.4 Å². The second-order valence-corrected chi connectivity index (χ2v) is 8.66. The Labute approximate surface area is 169 Å². The van der Waals surface area contributed by atoms with E-state index in [9.17, 15) is 9.59 Å². The molecule has 1 N–H and O–H groups in total. The molecule has 0 spiro atoms. The number of amides is 2. The zero-order valence-corrected chi connectivity index (χ0v) is 17.0. The first-order valence-corrected chi connectivity index (χ1v) is 10.8. The Morgan fingerprint density at radius 1 is 1.25 bits per heavy atom. The Morgan fingerprint density at radius 2 is 2.04 bits per heavy atom. The number of methoxy groups -OCH3 is 1. The molecule has 5 nitrogen and oxygen atoms in total. The van der Waals surface area contributed by atoms with Crippen LogP contribution in [0, 0.1) is 5.92 Å². The van der Waals surface area contributed by atoms with Crippen molar-refractivity contribution in [1.29, 1.82) is 0 Å². The first kappa shape index (κ1) is 19.0. The summed E-state index contributed by atoms with van der Waals surface area (Å²) in [6.07, 6.45) is 4.63. The summed E-state index contributed by atoms with van der Waals surface area (Å²) in [5.41, 5.74) is 2.15. The Hall–Kier alpha value is -2.34. The SMILES string of the molecule is COc1ccccc1CNC(=O)[C@@H]1CCc2sc(C(=O)N3CCCC3)cc2C1. The van der Waals surface area contributed by atoms with Gasteiger partial charge in [0.25, 0.3) is 5.91 Å². The largest absolute Gasteiger partial charge is 0.496 e. The molecule has 0 radical (unpaired) electrons. The predicted molar refractivity (Wildman–Crippen MR) is 110 cm³/mol. The summed E-state index contributed by atoms with van der Waals surface area (Å²) in [5.74, 6) is 0.993. The lowest BCUT2D eigenvalue weighted by molar-refractivity contribution is -0.125. The fourth-order valence-corrected chi connectivity index (χ4v) is 5.28. The van der Waals surface area contributed by atoms with Crippen molar-refractivity contribution in [3.63, 3.8) is 0 Å². The molecular formula is C22H26N2O3S. The second-order valence-electron chi connectivity index (χ2n) is 7.53. The number of hydrogen-bond acceptors (Lipinski definition) is 4. The standard InChI is InChI=1S/C22H26N2O3S/c1-27-18-7-3-2-6-16(18)14-23-21(25)15-8-9-19-17(12-15)13-20(28-19)22(26)24-10-4-5-11-24/h2-3,6-7,13,15H,4-5,8-12,14H2,1H3,(H,23,25)/t15-/m1/s1. The van der Waals surface area contributed by atoms with Crippen LogP contribution in [0.4, 0.5) is 0 Å². The topological polar surface area (TPSA) is 58.6 Å². The first-order valence-electron chi connectivity index (χ1n) is 9.96. The van der Waals surface area contributed by atoms with Gasteiger partial charge in [-0.15, -0.1) is 11.3 Å². The lowest BCUT2D eigenvalue weighted by Gasteiger charge is -2.21. The van der Waals surface area contributed by atoms with Crippen LogP contribution in [0.1, 0.15) is 44.9 Å². The fraction of sp³-hybridized carbons (Fsp3) is 0.455. The molecule has 4 rings (SSSR count). The van der Waals surface area contributed by atoms with Crippen LogP contribution in [0.25, 0.3) is 0 Å². The zero-order chi connectivity index (χ0) is 19.5. The van der Waals surface area contributed by atoms with Gasteiger partial charge in [0, 0.05) is 36.0 Å². The van der Waals surface area contributed by atoms with Crippen LogP contribution in [0.15, 0.2) is 30.3 Å². The quantitative estimate of drug-likeness (QED) is 0.840. The Morgan fingerprint density at radius 3 is 2.82 bits per heavy atom. The van der Waals surface area contributed by atoms with E-state index in [0.717, 1.165) is 61.4 Å². The molecule has 148 valence electrons. The van der Waals surface area contributed by atoms with E-state index < -0.39 is 0 Å². The molecular weight excluding hydrogens is 372 g/mol. The van der Waals surface area contributed by atoms with Crippen molar-refractivity contribution in [2.24, 2.45) is 5.92 Å². The van der Waals surface area contributed by atoms with Crippen molar-refractivity contribution in [3.8, 4) is 5.75 Å². The molecule has 1 aliphatic carbocycles. The predicted octanol–water partition coefficient (Wildman–Crippen LogP) is 3.41. The first-order chi connectivity index (χ1) is 13.7. The van der Waals surface area contributed by atoms with Crippen molar-refractivity contribution in [2.45, 2.75) is 38.6 Å². The number of carbonyl (C=O) groups is 2. The molecule has 1 aromatic carbocycles. The van der Waals surface area contributed by atoms with Gasteiger partial charge in [0.1, 0.15) is 5.75 Å². The van der Waals surface area contributed by atoms with Gasteiger partial charge in [-0.25, -0.2) is 0 Å². The molecule has 1 saturated heterocycles. The fourth-order valence-electron chi connectivity index (χ4n) is 4.10. The number of ether oxygens (including phenoxy) is 1. The van der Waals surface area contributed by atoms with E-state index in [1.165, 1.54) is 10.4 Å². The molecule has 0 unspecified atom stereocenters. The van der Waals surface area contributed by atoms with Crippen molar-refractivity contribution >= 4 is 23.2 Å². The van der Waals surface area contributed by atoms with Gasteiger partial charge < -0.3 is 15.0 Å². The van der Waals surface area contributed by atoms with Gasteiger partial charge in [-0.3, -0.25) is 9.59 Å². The van der Waals surface area contributed by atoms with Crippen LogP contribution in [-0.4, -0.2) is 36.9 Å². The number of para-hydroxylation sites is 1. The maximum absolute atomic E-state index is 12.7. The minimum atomic E-state index is -0.0356. The maximum Gasteiger partial charge on any atom is 0.263 e. The summed E-state index contributed by atoms with van der Waals surface area (Å²) < 4.78 is 5.35. The third kappa shape index (κ3) is 3.92. The van der Waals surface area contributed by atoms with Crippen LogP contribution < -0.4 is 10.1 Å². The molecule has 2 aliphatic rings. The van der Waals surface area contributed by atoms with E-state index in [0.29, 0.717) is 6.54 Å². The summed E-state index contributed by atoms with van der Waals surface area (Å²) in [5, 5.41) is 3.06. The lowest BCUT2D eigenvalue weighted by atomic mass is 9.87. The van der Waals surface area contributed by atoms with Crippen LogP contribution in [0.2, 0.25) is 0 Å². The number of fused-ring (bicyclic) bond motifs is 1. The molecule has 1 atom stereocenters. The van der Waals surface area contributed by atoms with E-state index >= 15 is 0 Å². The third-order valence-corrected chi connectivity index (χ3v) is 6.93.